The lowest BCUT2D eigenvalue weighted by Gasteiger charge is -2.35. The summed E-state index contributed by atoms with van der Waals surface area (Å²) >= 11 is 0. The van der Waals surface area contributed by atoms with E-state index in [0.29, 0.717) is 18.4 Å². The summed E-state index contributed by atoms with van der Waals surface area (Å²) in [7, 11) is 0. The van der Waals surface area contributed by atoms with Gasteiger partial charge in [0.05, 0.1) is 12.7 Å². The number of aromatic hydroxyl groups is 1. The SMILES string of the molecule is Cl.Oc1ccc2c(c1)C[C@@H](N1CNC=C1CCNCc1ccccc1)CO2. The Morgan fingerprint density at radius 2 is 2.04 bits per heavy atom. The van der Waals surface area contributed by atoms with E-state index >= 15 is 0 Å². The van der Waals surface area contributed by atoms with Crippen LogP contribution in [-0.2, 0) is 13.0 Å². The lowest BCUT2D eigenvalue weighted by molar-refractivity contribution is 0.151. The van der Waals surface area contributed by atoms with Crippen LogP contribution in [0, 0.1) is 0 Å². The number of ether oxygens (including phenoxy) is 1. The van der Waals surface area contributed by atoms with Crippen molar-refractivity contribution in [3.63, 3.8) is 0 Å². The number of nitrogens with one attached hydrogen (secondary N) is 2. The topological polar surface area (TPSA) is 56.8 Å². The van der Waals surface area contributed by atoms with E-state index in [0.717, 1.165) is 43.9 Å². The fourth-order valence-electron chi connectivity index (χ4n) is 3.64. The first-order valence-corrected chi connectivity index (χ1v) is 9.18. The maximum Gasteiger partial charge on any atom is 0.122 e. The van der Waals surface area contributed by atoms with Gasteiger partial charge < -0.3 is 25.4 Å². The smallest absolute Gasteiger partial charge is 0.122 e. The molecule has 2 heterocycles. The molecule has 0 saturated carbocycles. The Labute approximate surface area is 166 Å². The average Bonchev–Trinajstić information content (AvgIpc) is 3.14. The first-order chi connectivity index (χ1) is 12.8. The maximum absolute atomic E-state index is 9.73. The molecular weight excluding hydrogens is 362 g/mol. The van der Waals surface area contributed by atoms with Crippen LogP contribution in [0.5, 0.6) is 11.5 Å². The molecule has 5 nitrogen and oxygen atoms in total. The second-order valence-corrected chi connectivity index (χ2v) is 6.84. The zero-order valence-corrected chi connectivity index (χ0v) is 16.0. The third-order valence-electron chi connectivity index (χ3n) is 5.00. The van der Waals surface area contributed by atoms with E-state index in [1.165, 1.54) is 11.3 Å². The number of nitrogens with zero attached hydrogens (tertiary/aromatic N) is 1. The number of rotatable bonds is 6. The van der Waals surface area contributed by atoms with Crippen LogP contribution in [0.4, 0.5) is 0 Å². The van der Waals surface area contributed by atoms with Gasteiger partial charge in [-0.2, -0.15) is 0 Å². The molecule has 2 aliphatic rings. The second kappa shape index (κ2) is 9.02. The highest BCUT2D eigenvalue weighted by atomic mass is 35.5. The summed E-state index contributed by atoms with van der Waals surface area (Å²) in [6.07, 6.45) is 3.98. The van der Waals surface area contributed by atoms with Crippen molar-refractivity contribution in [1.29, 1.82) is 0 Å². The molecule has 0 radical (unpaired) electrons. The Bertz CT molecular complexity index is 782. The van der Waals surface area contributed by atoms with Crippen molar-refractivity contribution in [3.05, 3.63) is 71.6 Å². The molecular formula is C21H26ClN3O2. The van der Waals surface area contributed by atoms with E-state index in [4.69, 9.17) is 4.74 Å². The van der Waals surface area contributed by atoms with Gasteiger partial charge in [-0.3, -0.25) is 0 Å². The molecule has 0 fully saturated rings. The molecule has 0 aromatic heterocycles. The highest BCUT2D eigenvalue weighted by molar-refractivity contribution is 5.85. The minimum Gasteiger partial charge on any atom is -0.508 e. The molecule has 0 unspecified atom stereocenters. The number of fused-ring (bicyclic) bond motifs is 1. The van der Waals surface area contributed by atoms with Gasteiger partial charge in [0.2, 0.25) is 0 Å². The lowest BCUT2D eigenvalue weighted by Crippen LogP contribution is -2.43. The fraction of sp³-hybridized carbons (Fsp3) is 0.333. The van der Waals surface area contributed by atoms with Gasteiger partial charge >= 0.3 is 0 Å². The van der Waals surface area contributed by atoms with Crippen LogP contribution < -0.4 is 15.4 Å². The van der Waals surface area contributed by atoms with E-state index in [-0.39, 0.29) is 12.4 Å². The Morgan fingerprint density at radius 3 is 2.89 bits per heavy atom. The summed E-state index contributed by atoms with van der Waals surface area (Å²) in [6.45, 7) is 3.31. The normalized spacial score (nSPS) is 18.0. The molecule has 2 aromatic carbocycles. The second-order valence-electron chi connectivity index (χ2n) is 6.84. The van der Waals surface area contributed by atoms with Gasteiger partial charge in [-0.25, -0.2) is 0 Å². The molecule has 3 N–H and O–H groups in total. The van der Waals surface area contributed by atoms with E-state index in [2.05, 4.69) is 46.0 Å². The number of hydrogen-bond acceptors (Lipinski definition) is 5. The summed E-state index contributed by atoms with van der Waals surface area (Å²) in [5, 5.41) is 16.6. The third-order valence-corrected chi connectivity index (χ3v) is 5.00. The molecule has 144 valence electrons. The summed E-state index contributed by atoms with van der Waals surface area (Å²) in [5.41, 5.74) is 3.69. The van der Waals surface area contributed by atoms with Crippen LogP contribution in [0.15, 0.2) is 60.4 Å². The zero-order chi connectivity index (χ0) is 17.8. The van der Waals surface area contributed by atoms with E-state index in [1.807, 2.05) is 18.2 Å². The van der Waals surface area contributed by atoms with Crippen molar-refractivity contribution in [2.24, 2.45) is 0 Å². The van der Waals surface area contributed by atoms with Crippen molar-refractivity contribution >= 4 is 12.4 Å². The molecule has 0 saturated heterocycles. The van der Waals surface area contributed by atoms with Gasteiger partial charge in [-0.05, 0) is 35.7 Å². The molecule has 4 rings (SSSR count). The molecule has 0 spiro atoms. The van der Waals surface area contributed by atoms with Gasteiger partial charge in [0.15, 0.2) is 0 Å². The quantitative estimate of drug-likeness (QED) is 0.665. The van der Waals surface area contributed by atoms with Gasteiger partial charge in [-0.1, -0.05) is 30.3 Å². The monoisotopic (exact) mass is 387 g/mol. The molecule has 0 aliphatic carbocycles. The standard InChI is InChI=1S/C21H25N3O2.ClH/c25-20-6-7-21-17(11-20)10-19(14-26-21)24-15-23-13-18(24)8-9-22-12-16-4-2-1-3-5-16;/h1-7,11,13,19,22-23,25H,8-10,12,14-15H2;1H/t19-;/m1./s1. The van der Waals surface area contributed by atoms with Crippen molar-refractivity contribution < 1.29 is 9.84 Å². The minimum absolute atomic E-state index is 0. The predicted octanol–water partition coefficient (Wildman–Crippen LogP) is 3.00. The Kier molecular flexibility index (Phi) is 6.48. The third kappa shape index (κ3) is 4.67. The highest BCUT2D eigenvalue weighted by Gasteiger charge is 2.28. The first kappa shape index (κ1) is 19.4. The largest absolute Gasteiger partial charge is 0.508 e. The molecule has 0 bridgehead atoms. The molecule has 1 atom stereocenters. The number of hydrogen-bond donors (Lipinski definition) is 3. The van der Waals surface area contributed by atoms with Gasteiger partial charge in [0.1, 0.15) is 18.1 Å². The van der Waals surface area contributed by atoms with Crippen molar-refractivity contribution in [1.82, 2.24) is 15.5 Å². The van der Waals surface area contributed by atoms with Gasteiger partial charge in [0, 0.05) is 31.4 Å². The molecule has 2 aliphatic heterocycles. The van der Waals surface area contributed by atoms with Crippen LogP contribution in [0.3, 0.4) is 0 Å². The lowest BCUT2D eigenvalue weighted by atomic mass is 10.0. The van der Waals surface area contributed by atoms with E-state index in [1.54, 1.807) is 6.07 Å². The van der Waals surface area contributed by atoms with Crippen LogP contribution >= 0.6 is 12.4 Å². The summed E-state index contributed by atoms with van der Waals surface area (Å²) in [4.78, 5) is 2.39. The fourth-order valence-corrected chi connectivity index (χ4v) is 3.64. The van der Waals surface area contributed by atoms with Crippen molar-refractivity contribution in [3.8, 4) is 11.5 Å². The highest BCUT2D eigenvalue weighted by Crippen LogP contribution is 2.31. The summed E-state index contributed by atoms with van der Waals surface area (Å²) < 4.78 is 5.91. The van der Waals surface area contributed by atoms with Crippen molar-refractivity contribution in [2.75, 3.05) is 19.8 Å². The number of phenolic OH excluding ortho intramolecular Hbond substituents is 1. The van der Waals surface area contributed by atoms with Crippen LogP contribution in [0.2, 0.25) is 0 Å². The van der Waals surface area contributed by atoms with Gasteiger partial charge in [0.25, 0.3) is 0 Å². The molecule has 0 amide bonds. The Hall–Kier alpha value is -2.37. The number of benzene rings is 2. The Morgan fingerprint density at radius 1 is 1.19 bits per heavy atom. The van der Waals surface area contributed by atoms with Gasteiger partial charge in [-0.15, -0.1) is 12.4 Å². The predicted molar refractivity (Wildman–Crippen MR) is 109 cm³/mol. The van der Waals surface area contributed by atoms with E-state index in [9.17, 15) is 5.11 Å². The molecule has 6 heteroatoms. The summed E-state index contributed by atoms with van der Waals surface area (Å²) in [6, 6.07) is 16.1. The van der Waals surface area contributed by atoms with Crippen LogP contribution in [0.1, 0.15) is 17.5 Å². The molecule has 2 aromatic rings. The van der Waals surface area contributed by atoms with Crippen molar-refractivity contribution in [2.45, 2.75) is 25.4 Å². The minimum atomic E-state index is 0. The zero-order valence-electron chi connectivity index (χ0n) is 15.2. The van der Waals surface area contributed by atoms with Crippen LogP contribution in [0.25, 0.3) is 0 Å². The van der Waals surface area contributed by atoms with E-state index < -0.39 is 0 Å². The molecule has 27 heavy (non-hydrogen) atoms. The van der Waals surface area contributed by atoms with Crippen LogP contribution in [-0.4, -0.2) is 35.9 Å². The maximum atomic E-state index is 9.73. The average molecular weight is 388 g/mol. The number of phenols is 1. The summed E-state index contributed by atoms with van der Waals surface area (Å²) in [5.74, 6) is 1.19. The first-order valence-electron chi connectivity index (χ1n) is 9.18. The number of halogens is 1. The Balaban J connectivity index is 0.00000210.